The Hall–Kier alpha value is -1.13. The fourth-order valence-corrected chi connectivity index (χ4v) is 2.40. The highest BCUT2D eigenvalue weighted by Crippen LogP contribution is 2.29. The van der Waals surface area contributed by atoms with E-state index in [0.29, 0.717) is 6.54 Å². The first-order chi connectivity index (χ1) is 7.99. The lowest BCUT2D eigenvalue weighted by Crippen LogP contribution is -2.46. The normalized spacial score (nSPS) is 26.9. The van der Waals surface area contributed by atoms with Crippen LogP contribution in [0.4, 0.5) is 5.82 Å². The number of aliphatic hydroxyl groups excluding tert-OH is 1. The van der Waals surface area contributed by atoms with E-state index < -0.39 is 11.7 Å². The van der Waals surface area contributed by atoms with Crippen molar-refractivity contribution >= 4 is 5.82 Å². The molecular formula is C13H20N2O2. The van der Waals surface area contributed by atoms with Gasteiger partial charge in [0, 0.05) is 24.8 Å². The Morgan fingerprint density at radius 1 is 1.53 bits per heavy atom. The molecule has 2 atom stereocenters. The van der Waals surface area contributed by atoms with Crippen molar-refractivity contribution in [1.29, 1.82) is 0 Å². The molecule has 2 heterocycles. The van der Waals surface area contributed by atoms with Gasteiger partial charge in [-0.05, 0) is 32.8 Å². The number of nitrogens with zero attached hydrogens (tertiary/aromatic N) is 2. The molecule has 0 radical (unpaired) electrons. The molecule has 0 saturated carbocycles. The molecule has 0 bridgehead atoms. The largest absolute Gasteiger partial charge is 0.389 e. The fourth-order valence-electron chi connectivity index (χ4n) is 2.40. The molecule has 94 valence electrons. The number of hydrogen-bond donors (Lipinski definition) is 2. The predicted molar refractivity (Wildman–Crippen MR) is 66.9 cm³/mol. The van der Waals surface area contributed by atoms with Crippen molar-refractivity contribution in [3.05, 3.63) is 23.9 Å². The molecule has 1 saturated heterocycles. The van der Waals surface area contributed by atoms with Crippen LogP contribution in [0.5, 0.6) is 0 Å². The number of aliphatic hydroxyl groups is 2. The Balaban J connectivity index is 2.27. The SMILES string of the molecule is C[C@@H](O)c1cccnc1N1CCCC(C)(O)C1. The van der Waals surface area contributed by atoms with Crippen LogP contribution in [0.3, 0.4) is 0 Å². The van der Waals surface area contributed by atoms with Gasteiger partial charge in [0.15, 0.2) is 0 Å². The van der Waals surface area contributed by atoms with Crippen molar-refractivity contribution < 1.29 is 10.2 Å². The van der Waals surface area contributed by atoms with Gasteiger partial charge in [-0.2, -0.15) is 0 Å². The zero-order valence-corrected chi connectivity index (χ0v) is 10.4. The Bertz CT molecular complexity index is 391. The highest BCUT2D eigenvalue weighted by Gasteiger charge is 2.30. The van der Waals surface area contributed by atoms with Crippen LogP contribution in [0.25, 0.3) is 0 Å². The number of rotatable bonds is 2. The molecule has 1 aliphatic heterocycles. The van der Waals surface area contributed by atoms with Gasteiger partial charge in [0.2, 0.25) is 0 Å². The second-order valence-corrected chi connectivity index (χ2v) is 5.11. The quantitative estimate of drug-likeness (QED) is 0.816. The number of β-amino-alcohol motifs (C(OH)–C–C–N with tert-alkyl or cyclic N) is 1. The highest BCUT2D eigenvalue weighted by atomic mass is 16.3. The Kier molecular flexibility index (Phi) is 3.35. The molecule has 2 rings (SSSR count). The van der Waals surface area contributed by atoms with E-state index in [1.807, 2.05) is 19.1 Å². The first kappa shape index (κ1) is 12.3. The number of hydrogen-bond acceptors (Lipinski definition) is 4. The van der Waals surface area contributed by atoms with Gasteiger partial charge in [0.05, 0.1) is 11.7 Å². The third-order valence-electron chi connectivity index (χ3n) is 3.24. The van der Waals surface area contributed by atoms with E-state index in [2.05, 4.69) is 9.88 Å². The van der Waals surface area contributed by atoms with Crippen LogP contribution in [-0.4, -0.2) is 33.9 Å². The second kappa shape index (κ2) is 4.63. The van der Waals surface area contributed by atoms with E-state index in [4.69, 9.17) is 0 Å². The first-order valence-corrected chi connectivity index (χ1v) is 6.10. The molecule has 1 aliphatic rings. The van der Waals surface area contributed by atoms with E-state index in [1.165, 1.54) is 0 Å². The van der Waals surface area contributed by atoms with Gasteiger partial charge in [-0.25, -0.2) is 4.98 Å². The highest BCUT2D eigenvalue weighted by molar-refractivity contribution is 5.48. The molecule has 0 spiro atoms. The van der Waals surface area contributed by atoms with Crippen LogP contribution >= 0.6 is 0 Å². The van der Waals surface area contributed by atoms with E-state index in [1.54, 1.807) is 13.1 Å². The van der Waals surface area contributed by atoms with Crippen molar-refractivity contribution in [2.75, 3.05) is 18.0 Å². The minimum Gasteiger partial charge on any atom is -0.389 e. The summed E-state index contributed by atoms with van der Waals surface area (Å²) in [5.41, 5.74) is 0.163. The van der Waals surface area contributed by atoms with Gasteiger partial charge in [-0.15, -0.1) is 0 Å². The maximum absolute atomic E-state index is 10.1. The topological polar surface area (TPSA) is 56.6 Å². The molecule has 0 aromatic carbocycles. The van der Waals surface area contributed by atoms with Gasteiger partial charge in [-0.1, -0.05) is 6.07 Å². The van der Waals surface area contributed by atoms with Gasteiger partial charge >= 0.3 is 0 Å². The minimum absolute atomic E-state index is 0.537. The number of pyridine rings is 1. The number of piperidine rings is 1. The fraction of sp³-hybridized carbons (Fsp3) is 0.615. The molecule has 1 fully saturated rings. The van der Waals surface area contributed by atoms with Crippen molar-refractivity contribution in [3.8, 4) is 0 Å². The lowest BCUT2D eigenvalue weighted by Gasteiger charge is -2.38. The second-order valence-electron chi connectivity index (χ2n) is 5.11. The Labute approximate surface area is 102 Å². The van der Waals surface area contributed by atoms with Gasteiger partial charge in [0.25, 0.3) is 0 Å². The molecule has 1 aromatic rings. The van der Waals surface area contributed by atoms with Crippen molar-refractivity contribution in [3.63, 3.8) is 0 Å². The van der Waals surface area contributed by atoms with Crippen LogP contribution in [0, 0.1) is 0 Å². The summed E-state index contributed by atoms with van der Waals surface area (Å²) in [6.07, 6.45) is 2.96. The summed E-state index contributed by atoms with van der Waals surface area (Å²) < 4.78 is 0. The molecule has 1 aromatic heterocycles. The lowest BCUT2D eigenvalue weighted by atomic mass is 9.94. The van der Waals surface area contributed by atoms with Crippen molar-refractivity contribution in [2.24, 2.45) is 0 Å². The summed E-state index contributed by atoms with van der Waals surface area (Å²) in [5, 5.41) is 19.8. The van der Waals surface area contributed by atoms with E-state index in [9.17, 15) is 10.2 Å². The number of anilines is 1. The summed E-state index contributed by atoms with van der Waals surface area (Å²) >= 11 is 0. The maximum Gasteiger partial charge on any atom is 0.134 e. The molecular weight excluding hydrogens is 216 g/mol. The van der Waals surface area contributed by atoms with E-state index >= 15 is 0 Å². The Morgan fingerprint density at radius 2 is 2.29 bits per heavy atom. The van der Waals surface area contributed by atoms with Gasteiger partial charge in [-0.3, -0.25) is 0 Å². The van der Waals surface area contributed by atoms with Gasteiger partial charge < -0.3 is 15.1 Å². The zero-order valence-electron chi connectivity index (χ0n) is 10.4. The summed E-state index contributed by atoms with van der Waals surface area (Å²) in [6, 6.07) is 3.71. The molecule has 4 heteroatoms. The van der Waals surface area contributed by atoms with Gasteiger partial charge in [0.1, 0.15) is 5.82 Å². The average Bonchev–Trinajstić information content (AvgIpc) is 2.27. The standard InChI is InChI=1S/C13H20N2O2/c1-10(16)11-5-3-7-14-12(11)15-8-4-6-13(2,17)9-15/h3,5,7,10,16-17H,4,6,8-9H2,1-2H3/t10-,13?/m1/s1. The molecule has 0 aliphatic carbocycles. The monoisotopic (exact) mass is 236 g/mol. The minimum atomic E-state index is -0.661. The third kappa shape index (κ3) is 2.76. The Morgan fingerprint density at radius 3 is 2.94 bits per heavy atom. The zero-order chi connectivity index (χ0) is 12.5. The van der Waals surface area contributed by atoms with E-state index in [0.717, 1.165) is 30.8 Å². The van der Waals surface area contributed by atoms with Crippen LogP contribution in [0.1, 0.15) is 38.4 Å². The lowest BCUT2D eigenvalue weighted by molar-refractivity contribution is 0.0445. The predicted octanol–water partition coefficient (Wildman–Crippen LogP) is 1.49. The average molecular weight is 236 g/mol. The van der Waals surface area contributed by atoms with Crippen LogP contribution < -0.4 is 4.90 Å². The summed E-state index contributed by atoms with van der Waals surface area (Å²) in [6.45, 7) is 5.05. The van der Waals surface area contributed by atoms with Crippen molar-refractivity contribution in [1.82, 2.24) is 4.98 Å². The van der Waals surface area contributed by atoms with Crippen LogP contribution in [-0.2, 0) is 0 Å². The third-order valence-corrected chi connectivity index (χ3v) is 3.24. The summed E-state index contributed by atoms with van der Waals surface area (Å²) in [5.74, 6) is 0.794. The maximum atomic E-state index is 10.1. The summed E-state index contributed by atoms with van der Waals surface area (Å²) in [4.78, 5) is 6.41. The summed E-state index contributed by atoms with van der Waals surface area (Å²) in [7, 11) is 0. The van der Waals surface area contributed by atoms with E-state index in [-0.39, 0.29) is 0 Å². The molecule has 1 unspecified atom stereocenters. The smallest absolute Gasteiger partial charge is 0.134 e. The molecule has 0 amide bonds. The van der Waals surface area contributed by atoms with Crippen LogP contribution in [0.2, 0.25) is 0 Å². The van der Waals surface area contributed by atoms with Crippen LogP contribution in [0.15, 0.2) is 18.3 Å². The molecule has 17 heavy (non-hydrogen) atoms. The molecule has 4 nitrogen and oxygen atoms in total. The van der Waals surface area contributed by atoms with Crippen molar-refractivity contribution in [2.45, 2.75) is 38.4 Å². The first-order valence-electron chi connectivity index (χ1n) is 6.10. The number of aromatic nitrogens is 1. The molecule has 2 N–H and O–H groups in total.